The van der Waals surface area contributed by atoms with E-state index in [4.69, 9.17) is 0 Å². The van der Waals surface area contributed by atoms with Gasteiger partial charge in [-0.1, -0.05) is 61.6 Å². The normalized spacial score (nSPS) is 19.4. The Bertz CT molecular complexity index is 664. The van der Waals surface area contributed by atoms with Gasteiger partial charge in [0.2, 0.25) is 5.13 Å². The minimum absolute atomic E-state index is 0.0796. The number of urea groups is 1. The summed E-state index contributed by atoms with van der Waals surface area (Å²) < 4.78 is -0.443. The number of carbonyl (C=O) groups excluding carboxylic acids is 1. The molecule has 0 spiro atoms. The van der Waals surface area contributed by atoms with Crippen molar-refractivity contribution in [2.24, 2.45) is 0 Å². The van der Waals surface area contributed by atoms with E-state index in [1.165, 1.54) is 49.9 Å². The predicted octanol–water partition coefficient (Wildman–Crippen LogP) is 4.99. The zero-order chi connectivity index (χ0) is 20.1. The van der Waals surface area contributed by atoms with Crippen LogP contribution in [0.4, 0.5) is 9.93 Å². The monoisotopic (exact) mass is 426 g/mol. The lowest BCUT2D eigenvalue weighted by molar-refractivity contribution is -0.138. The summed E-state index contributed by atoms with van der Waals surface area (Å²) in [6, 6.07) is 0.540. The first kappa shape index (κ1) is 21.4. The highest BCUT2D eigenvalue weighted by Gasteiger charge is 2.34. The minimum atomic E-state index is -0.989. The third-order valence-electron chi connectivity index (χ3n) is 5.65. The van der Waals surface area contributed by atoms with Crippen molar-refractivity contribution >= 4 is 40.2 Å². The Labute approximate surface area is 174 Å². The Morgan fingerprint density at radius 3 is 2.07 bits per heavy atom. The van der Waals surface area contributed by atoms with Crippen molar-refractivity contribution in [3.8, 4) is 0 Å². The molecule has 2 amide bonds. The molecular formula is C19H30N4O3S2. The van der Waals surface area contributed by atoms with Gasteiger partial charge in [0.15, 0.2) is 4.34 Å². The number of carboxylic acids is 1. The number of nitrogens with zero attached hydrogens (tertiary/aromatic N) is 3. The third-order valence-corrected chi connectivity index (χ3v) is 7.72. The highest BCUT2D eigenvalue weighted by Crippen LogP contribution is 2.36. The van der Waals surface area contributed by atoms with Crippen LogP contribution in [0.1, 0.15) is 78.1 Å². The fraction of sp³-hybridized carbons (Fsp3) is 0.789. The van der Waals surface area contributed by atoms with Crippen molar-refractivity contribution in [3.05, 3.63) is 0 Å². The van der Waals surface area contributed by atoms with Crippen molar-refractivity contribution < 1.29 is 14.7 Å². The summed E-state index contributed by atoms with van der Waals surface area (Å²) in [4.78, 5) is 26.6. The first-order valence-electron chi connectivity index (χ1n) is 10.2. The quantitative estimate of drug-likeness (QED) is 0.491. The molecular weight excluding hydrogens is 396 g/mol. The molecule has 2 fully saturated rings. The molecule has 9 heteroatoms. The molecule has 1 aromatic rings. The average molecular weight is 427 g/mol. The summed E-state index contributed by atoms with van der Waals surface area (Å²) in [7, 11) is 0. The van der Waals surface area contributed by atoms with E-state index in [2.05, 4.69) is 20.4 Å². The summed E-state index contributed by atoms with van der Waals surface area (Å²) in [5, 5.41) is 20.8. The number of anilines is 1. The fourth-order valence-corrected chi connectivity index (χ4v) is 6.17. The molecule has 156 valence electrons. The van der Waals surface area contributed by atoms with E-state index >= 15 is 0 Å². The number of carboxylic acid groups (broad SMARTS) is 1. The van der Waals surface area contributed by atoms with E-state index in [1.807, 2.05) is 0 Å². The van der Waals surface area contributed by atoms with Crippen LogP contribution in [-0.4, -0.2) is 49.0 Å². The molecule has 0 bridgehead atoms. The number of nitrogens with one attached hydrogen (secondary N) is 1. The molecule has 28 heavy (non-hydrogen) atoms. The Balaban J connectivity index is 1.68. The van der Waals surface area contributed by atoms with Crippen LogP contribution in [0.25, 0.3) is 0 Å². The number of aromatic nitrogens is 2. The molecule has 0 radical (unpaired) electrons. The molecule has 7 nitrogen and oxygen atoms in total. The number of thioether (sulfide) groups is 1. The molecule has 3 rings (SSSR count). The fourth-order valence-electron chi connectivity index (χ4n) is 4.07. The molecule has 2 aliphatic rings. The number of hydrogen-bond acceptors (Lipinski definition) is 6. The third kappa shape index (κ3) is 5.37. The van der Waals surface area contributed by atoms with Crippen LogP contribution in [0.5, 0.6) is 0 Å². The highest BCUT2D eigenvalue weighted by atomic mass is 32.2. The molecule has 0 saturated heterocycles. The first-order valence-corrected chi connectivity index (χ1v) is 11.9. The largest absolute Gasteiger partial charge is 0.480 e. The van der Waals surface area contributed by atoms with Crippen molar-refractivity contribution in [2.75, 3.05) is 5.32 Å². The molecule has 2 N–H and O–H groups in total. The van der Waals surface area contributed by atoms with E-state index < -0.39 is 10.7 Å². The van der Waals surface area contributed by atoms with Gasteiger partial charge < -0.3 is 10.0 Å². The summed E-state index contributed by atoms with van der Waals surface area (Å²) in [6.45, 7) is 3.26. The maximum Gasteiger partial charge on any atom is 0.324 e. The number of aliphatic carboxylic acids is 1. The van der Waals surface area contributed by atoms with Crippen molar-refractivity contribution in [2.45, 2.75) is 99.2 Å². The molecule has 1 aromatic heterocycles. The van der Waals surface area contributed by atoms with Crippen molar-refractivity contribution in [1.82, 2.24) is 15.1 Å². The van der Waals surface area contributed by atoms with Gasteiger partial charge in [0.25, 0.3) is 0 Å². The van der Waals surface area contributed by atoms with Gasteiger partial charge in [-0.05, 0) is 39.5 Å². The Morgan fingerprint density at radius 2 is 1.57 bits per heavy atom. The Hall–Kier alpha value is -1.35. The lowest BCUT2D eigenvalue weighted by atomic mass is 9.89. The Morgan fingerprint density at radius 1 is 1.04 bits per heavy atom. The second-order valence-electron chi connectivity index (χ2n) is 8.21. The second kappa shape index (κ2) is 9.43. The maximum atomic E-state index is 13.2. The zero-order valence-electron chi connectivity index (χ0n) is 16.6. The van der Waals surface area contributed by atoms with Gasteiger partial charge in [-0.15, -0.1) is 10.2 Å². The number of rotatable bonds is 6. The van der Waals surface area contributed by atoms with Crippen LogP contribution in [-0.2, 0) is 4.79 Å². The topological polar surface area (TPSA) is 95.4 Å². The number of hydrogen-bond donors (Lipinski definition) is 2. The van der Waals surface area contributed by atoms with E-state index in [9.17, 15) is 14.7 Å². The first-order chi connectivity index (χ1) is 13.4. The molecule has 0 unspecified atom stereocenters. The van der Waals surface area contributed by atoms with Crippen LogP contribution >= 0.6 is 23.1 Å². The van der Waals surface area contributed by atoms with Crippen LogP contribution in [0, 0.1) is 0 Å². The van der Waals surface area contributed by atoms with Gasteiger partial charge in [0.05, 0.1) is 0 Å². The van der Waals surface area contributed by atoms with Gasteiger partial charge in [-0.25, -0.2) is 4.79 Å². The lowest BCUT2D eigenvalue weighted by Gasteiger charge is -2.41. The summed E-state index contributed by atoms with van der Waals surface area (Å²) in [6.07, 6.45) is 11.6. The maximum absolute atomic E-state index is 13.2. The smallest absolute Gasteiger partial charge is 0.324 e. The van der Waals surface area contributed by atoms with Gasteiger partial charge in [-0.3, -0.25) is 10.1 Å². The molecule has 1 heterocycles. The Kier molecular flexibility index (Phi) is 7.20. The van der Waals surface area contributed by atoms with E-state index in [1.54, 1.807) is 13.8 Å². The zero-order valence-corrected chi connectivity index (χ0v) is 18.3. The van der Waals surface area contributed by atoms with E-state index in [-0.39, 0.29) is 6.03 Å². The average Bonchev–Trinajstić information content (AvgIpc) is 3.09. The van der Waals surface area contributed by atoms with Crippen molar-refractivity contribution in [3.63, 3.8) is 0 Å². The van der Waals surface area contributed by atoms with Crippen LogP contribution in [0.3, 0.4) is 0 Å². The van der Waals surface area contributed by atoms with E-state index in [0.29, 0.717) is 21.6 Å². The van der Waals surface area contributed by atoms with Gasteiger partial charge in [0.1, 0.15) is 4.75 Å². The molecule has 0 aliphatic heterocycles. The van der Waals surface area contributed by atoms with Gasteiger partial charge in [-0.2, -0.15) is 0 Å². The molecule has 0 aromatic carbocycles. The van der Waals surface area contributed by atoms with Crippen LogP contribution in [0.15, 0.2) is 4.34 Å². The lowest BCUT2D eigenvalue weighted by Crippen LogP contribution is -2.50. The van der Waals surface area contributed by atoms with Gasteiger partial charge >= 0.3 is 12.0 Å². The number of amides is 2. The predicted molar refractivity (Wildman–Crippen MR) is 112 cm³/mol. The molecule has 2 saturated carbocycles. The highest BCUT2D eigenvalue weighted by molar-refractivity contribution is 8.03. The summed E-state index contributed by atoms with van der Waals surface area (Å²) in [5.74, 6) is -0.904. The summed E-state index contributed by atoms with van der Waals surface area (Å²) in [5.41, 5.74) is 0. The second-order valence-corrected chi connectivity index (χ2v) is 11.1. The SMILES string of the molecule is CC(C)(Sc1nnc(NC(=O)N(C2CCCCC2)C2CCCCC2)s1)C(=O)O. The molecule has 2 aliphatic carbocycles. The summed E-state index contributed by atoms with van der Waals surface area (Å²) >= 11 is 2.38. The van der Waals surface area contributed by atoms with Crippen LogP contribution < -0.4 is 5.32 Å². The van der Waals surface area contributed by atoms with Crippen LogP contribution in [0.2, 0.25) is 0 Å². The molecule has 0 atom stereocenters. The minimum Gasteiger partial charge on any atom is -0.480 e. The van der Waals surface area contributed by atoms with Gasteiger partial charge in [0, 0.05) is 12.1 Å². The van der Waals surface area contributed by atoms with Crippen molar-refractivity contribution in [1.29, 1.82) is 0 Å². The van der Waals surface area contributed by atoms with E-state index in [0.717, 1.165) is 37.4 Å². The number of carbonyl (C=O) groups is 2. The standard InChI is InChI=1S/C19H30N4O3S2/c1-19(2,15(24)25)28-18-22-21-16(27-18)20-17(26)23(13-9-5-3-6-10-13)14-11-7-4-8-12-14/h13-14H,3-12H2,1-2H3,(H,24,25)(H,20,21,26).